The molecule has 0 aromatic heterocycles. The quantitative estimate of drug-likeness (QED) is 0.336. The SMILES string of the molecule is COc1ccc(S(=O)(=O)Oc2ccc(/C=C3\SC(=O)N(Cc4cccc(C)c4)C3=O)cc2)cc1. The van der Waals surface area contributed by atoms with Crippen LogP contribution >= 0.6 is 11.8 Å². The third kappa shape index (κ3) is 5.32. The maximum atomic E-state index is 12.8. The molecule has 7 nitrogen and oxygen atoms in total. The molecular weight excluding hydrogens is 474 g/mol. The van der Waals surface area contributed by atoms with Gasteiger partial charge in [0.05, 0.1) is 18.6 Å². The summed E-state index contributed by atoms with van der Waals surface area (Å²) in [6.45, 7) is 2.16. The van der Waals surface area contributed by atoms with Crippen LogP contribution in [0.3, 0.4) is 0 Å². The Bertz CT molecular complexity index is 1360. The third-order valence-corrected chi connectivity index (χ3v) is 7.20. The van der Waals surface area contributed by atoms with E-state index in [9.17, 15) is 18.0 Å². The standard InChI is InChI=1S/C25H21NO6S2/c1-17-4-3-5-19(14-17)16-26-24(27)23(33-25(26)28)15-18-6-8-21(9-7-18)32-34(29,30)22-12-10-20(31-2)11-13-22/h3-15H,16H2,1-2H3/b23-15-. The van der Waals surface area contributed by atoms with Gasteiger partial charge < -0.3 is 8.92 Å². The number of hydrogen-bond donors (Lipinski definition) is 0. The highest BCUT2D eigenvalue weighted by atomic mass is 32.2. The minimum absolute atomic E-state index is 0.000314. The predicted octanol–water partition coefficient (Wildman–Crippen LogP) is 5.01. The number of carbonyl (C=O) groups is 2. The van der Waals surface area contributed by atoms with Crippen LogP contribution in [0.1, 0.15) is 16.7 Å². The van der Waals surface area contributed by atoms with Gasteiger partial charge in [-0.2, -0.15) is 8.42 Å². The number of aryl methyl sites for hydroxylation is 1. The first-order valence-electron chi connectivity index (χ1n) is 10.2. The maximum absolute atomic E-state index is 12.8. The Morgan fingerprint density at radius 3 is 2.26 bits per heavy atom. The second kappa shape index (κ2) is 9.74. The summed E-state index contributed by atoms with van der Waals surface area (Å²) in [6, 6.07) is 19.7. The van der Waals surface area contributed by atoms with Crippen LogP contribution in [-0.2, 0) is 21.5 Å². The van der Waals surface area contributed by atoms with Crippen LogP contribution in [0.15, 0.2) is 82.6 Å². The Kier molecular flexibility index (Phi) is 6.76. The molecule has 0 aliphatic carbocycles. The smallest absolute Gasteiger partial charge is 0.339 e. The topological polar surface area (TPSA) is 90.0 Å². The van der Waals surface area contributed by atoms with Gasteiger partial charge in [-0.1, -0.05) is 42.0 Å². The number of methoxy groups -OCH3 is 1. The van der Waals surface area contributed by atoms with E-state index in [1.165, 1.54) is 48.4 Å². The Labute approximate surface area is 202 Å². The number of thioether (sulfide) groups is 1. The second-order valence-electron chi connectivity index (χ2n) is 7.54. The summed E-state index contributed by atoms with van der Waals surface area (Å²) in [5.41, 5.74) is 2.56. The summed E-state index contributed by atoms with van der Waals surface area (Å²) < 4.78 is 35.2. The lowest BCUT2D eigenvalue weighted by Crippen LogP contribution is -2.27. The fourth-order valence-corrected chi connectivity index (χ4v) is 5.09. The highest BCUT2D eigenvalue weighted by Crippen LogP contribution is 2.33. The molecule has 1 aliphatic heterocycles. The molecule has 0 bridgehead atoms. The molecule has 1 heterocycles. The first-order valence-corrected chi connectivity index (χ1v) is 12.5. The van der Waals surface area contributed by atoms with E-state index in [0.29, 0.717) is 16.2 Å². The van der Waals surface area contributed by atoms with Gasteiger partial charge >= 0.3 is 10.1 Å². The van der Waals surface area contributed by atoms with E-state index in [1.807, 2.05) is 31.2 Å². The van der Waals surface area contributed by atoms with Crippen LogP contribution in [0.25, 0.3) is 6.08 Å². The molecule has 1 saturated heterocycles. The molecule has 1 fully saturated rings. The Morgan fingerprint density at radius 2 is 1.62 bits per heavy atom. The van der Waals surface area contributed by atoms with E-state index in [-0.39, 0.29) is 28.3 Å². The Morgan fingerprint density at radius 1 is 0.941 bits per heavy atom. The van der Waals surface area contributed by atoms with Crippen LogP contribution in [0.2, 0.25) is 0 Å². The van der Waals surface area contributed by atoms with Crippen molar-refractivity contribution < 1.29 is 26.9 Å². The fraction of sp³-hybridized carbons (Fsp3) is 0.120. The second-order valence-corrected chi connectivity index (χ2v) is 10.1. The minimum Gasteiger partial charge on any atom is -0.497 e. The number of ether oxygens (including phenoxy) is 1. The van der Waals surface area contributed by atoms with Crippen molar-refractivity contribution in [1.29, 1.82) is 0 Å². The number of benzene rings is 3. The van der Waals surface area contributed by atoms with Gasteiger partial charge in [0, 0.05) is 0 Å². The molecule has 2 amide bonds. The average Bonchev–Trinajstić information content (AvgIpc) is 3.07. The van der Waals surface area contributed by atoms with Crippen LogP contribution in [0, 0.1) is 6.92 Å². The molecule has 0 spiro atoms. The number of rotatable bonds is 7. The van der Waals surface area contributed by atoms with Gasteiger partial charge in [0.1, 0.15) is 16.4 Å². The molecule has 0 unspecified atom stereocenters. The average molecular weight is 496 g/mol. The molecule has 0 N–H and O–H groups in total. The van der Waals surface area contributed by atoms with Crippen molar-refractivity contribution in [1.82, 2.24) is 4.90 Å². The molecular formula is C25H21NO6S2. The first-order chi connectivity index (χ1) is 16.2. The van der Waals surface area contributed by atoms with Crippen LogP contribution in [0.5, 0.6) is 11.5 Å². The minimum atomic E-state index is -4.01. The largest absolute Gasteiger partial charge is 0.497 e. The van der Waals surface area contributed by atoms with Gasteiger partial charge in [0.25, 0.3) is 11.1 Å². The molecule has 0 radical (unpaired) electrons. The summed E-state index contributed by atoms with van der Waals surface area (Å²) >= 11 is 0.876. The zero-order valence-electron chi connectivity index (χ0n) is 18.4. The molecule has 3 aromatic rings. The number of amides is 2. The van der Waals surface area contributed by atoms with E-state index < -0.39 is 10.1 Å². The van der Waals surface area contributed by atoms with E-state index in [0.717, 1.165) is 22.9 Å². The highest BCUT2D eigenvalue weighted by Gasteiger charge is 2.35. The molecule has 4 rings (SSSR count). The van der Waals surface area contributed by atoms with Crippen LogP contribution in [-0.4, -0.2) is 31.6 Å². The van der Waals surface area contributed by atoms with Crippen molar-refractivity contribution in [3.05, 3.63) is 94.4 Å². The number of imide groups is 1. The highest BCUT2D eigenvalue weighted by molar-refractivity contribution is 8.18. The van der Waals surface area contributed by atoms with Crippen LogP contribution < -0.4 is 8.92 Å². The molecule has 9 heteroatoms. The number of hydrogen-bond acceptors (Lipinski definition) is 7. The van der Waals surface area contributed by atoms with Crippen molar-refractivity contribution in [2.45, 2.75) is 18.4 Å². The van der Waals surface area contributed by atoms with Gasteiger partial charge in [0.2, 0.25) is 0 Å². The molecule has 0 saturated carbocycles. The van der Waals surface area contributed by atoms with Crippen molar-refractivity contribution in [3.8, 4) is 11.5 Å². The Hall–Kier alpha value is -3.56. The monoisotopic (exact) mass is 495 g/mol. The van der Waals surface area contributed by atoms with Crippen molar-refractivity contribution in [3.63, 3.8) is 0 Å². The van der Waals surface area contributed by atoms with Gasteiger partial charge in [0.15, 0.2) is 0 Å². The first kappa shape index (κ1) is 23.6. The third-order valence-electron chi connectivity index (χ3n) is 5.03. The zero-order chi connectivity index (χ0) is 24.3. The summed E-state index contributed by atoms with van der Waals surface area (Å²) in [4.78, 5) is 26.7. The van der Waals surface area contributed by atoms with Crippen LogP contribution in [0.4, 0.5) is 4.79 Å². The zero-order valence-corrected chi connectivity index (χ0v) is 20.1. The van der Waals surface area contributed by atoms with Gasteiger partial charge in [-0.3, -0.25) is 14.5 Å². The summed E-state index contributed by atoms with van der Waals surface area (Å²) in [5, 5.41) is -0.330. The molecule has 0 atom stereocenters. The van der Waals surface area contributed by atoms with E-state index in [1.54, 1.807) is 18.2 Å². The molecule has 3 aromatic carbocycles. The normalized spacial score (nSPS) is 15.1. The van der Waals surface area contributed by atoms with Gasteiger partial charge in [-0.15, -0.1) is 0 Å². The predicted molar refractivity (Wildman–Crippen MR) is 130 cm³/mol. The molecule has 1 aliphatic rings. The lowest BCUT2D eigenvalue weighted by atomic mass is 10.1. The summed E-state index contributed by atoms with van der Waals surface area (Å²) in [7, 11) is -2.52. The molecule has 174 valence electrons. The lowest BCUT2D eigenvalue weighted by Gasteiger charge is -2.12. The maximum Gasteiger partial charge on any atom is 0.339 e. The molecule has 34 heavy (non-hydrogen) atoms. The van der Waals surface area contributed by atoms with Gasteiger partial charge in [-0.05, 0) is 72.3 Å². The van der Waals surface area contributed by atoms with E-state index in [4.69, 9.17) is 8.92 Å². The Balaban J connectivity index is 1.45. The van der Waals surface area contributed by atoms with Gasteiger partial charge in [-0.25, -0.2) is 0 Å². The fourth-order valence-electron chi connectivity index (χ4n) is 3.32. The van der Waals surface area contributed by atoms with Crippen molar-refractivity contribution in [2.75, 3.05) is 7.11 Å². The summed E-state index contributed by atoms with van der Waals surface area (Å²) in [5.74, 6) is 0.297. The summed E-state index contributed by atoms with van der Waals surface area (Å²) in [6.07, 6.45) is 1.60. The van der Waals surface area contributed by atoms with E-state index in [2.05, 4.69) is 0 Å². The number of nitrogens with zero attached hydrogens (tertiary/aromatic N) is 1. The number of carbonyl (C=O) groups excluding carboxylic acids is 2. The van der Waals surface area contributed by atoms with E-state index >= 15 is 0 Å². The van der Waals surface area contributed by atoms with Crippen molar-refractivity contribution in [2.24, 2.45) is 0 Å². The lowest BCUT2D eigenvalue weighted by molar-refractivity contribution is -0.123. The van der Waals surface area contributed by atoms with Crippen molar-refractivity contribution >= 4 is 39.1 Å².